The van der Waals surface area contributed by atoms with Gasteiger partial charge in [-0.15, -0.1) is 5.10 Å². The van der Waals surface area contributed by atoms with Crippen LogP contribution in [0.15, 0.2) is 0 Å². The van der Waals surface area contributed by atoms with E-state index in [1.807, 2.05) is 4.68 Å². The molecule has 1 aliphatic carbocycles. The number of esters is 1. The van der Waals surface area contributed by atoms with Gasteiger partial charge in [0.25, 0.3) is 0 Å². The first kappa shape index (κ1) is 14.0. The lowest BCUT2D eigenvalue weighted by atomic mass is 9.94. The van der Waals surface area contributed by atoms with E-state index >= 15 is 0 Å². The smallest absolute Gasteiger partial charge is 0.360 e. The van der Waals surface area contributed by atoms with Gasteiger partial charge in [-0.2, -0.15) is 0 Å². The molecule has 1 aromatic heterocycles. The molecule has 5 heteroatoms. The van der Waals surface area contributed by atoms with E-state index in [9.17, 15) is 4.79 Å². The van der Waals surface area contributed by atoms with Crippen LogP contribution in [0.5, 0.6) is 0 Å². The average Bonchev–Trinajstić information content (AvgIpc) is 2.85. The SMILES string of the molecule is CCOC(=O)c1nnn(C2CCCCC2)c1C(C)C. The molecule has 1 aromatic rings. The maximum absolute atomic E-state index is 11.9. The molecule has 0 aliphatic heterocycles. The second-order valence-corrected chi connectivity index (χ2v) is 5.43. The molecule has 19 heavy (non-hydrogen) atoms. The van der Waals surface area contributed by atoms with Crippen LogP contribution >= 0.6 is 0 Å². The van der Waals surface area contributed by atoms with Crippen molar-refractivity contribution in [1.29, 1.82) is 0 Å². The third-order valence-electron chi connectivity index (χ3n) is 3.67. The fourth-order valence-electron chi connectivity index (χ4n) is 2.78. The van der Waals surface area contributed by atoms with Crippen molar-refractivity contribution in [2.45, 2.75) is 64.8 Å². The number of rotatable bonds is 4. The molecule has 0 radical (unpaired) electrons. The third kappa shape index (κ3) is 2.96. The molecule has 5 nitrogen and oxygen atoms in total. The van der Waals surface area contributed by atoms with Crippen molar-refractivity contribution in [1.82, 2.24) is 15.0 Å². The minimum absolute atomic E-state index is 0.219. The first-order valence-corrected chi connectivity index (χ1v) is 7.27. The van der Waals surface area contributed by atoms with Gasteiger partial charge < -0.3 is 4.74 Å². The zero-order chi connectivity index (χ0) is 13.8. The second kappa shape index (κ2) is 6.17. The summed E-state index contributed by atoms with van der Waals surface area (Å²) in [5.74, 6) is -0.135. The van der Waals surface area contributed by atoms with E-state index in [0.717, 1.165) is 18.5 Å². The van der Waals surface area contributed by atoms with E-state index < -0.39 is 0 Å². The lowest BCUT2D eigenvalue weighted by Crippen LogP contribution is -2.18. The first-order chi connectivity index (χ1) is 9.15. The number of aromatic nitrogens is 3. The van der Waals surface area contributed by atoms with E-state index in [0.29, 0.717) is 18.3 Å². The van der Waals surface area contributed by atoms with Crippen molar-refractivity contribution in [2.75, 3.05) is 6.61 Å². The molecule has 0 N–H and O–H groups in total. The Labute approximate surface area is 114 Å². The molecule has 2 rings (SSSR count). The molecule has 0 amide bonds. The number of hydrogen-bond acceptors (Lipinski definition) is 4. The van der Waals surface area contributed by atoms with Crippen LogP contribution in [0.2, 0.25) is 0 Å². The Kier molecular flexibility index (Phi) is 4.56. The predicted octanol–water partition coefficient (Wildman–Crippen LogP) is 3.08. The summed E-state index contributed by atoms with van der Waals surface area (Å²) < 4.78 is 7.03. The monoisotopic (exact) mass is 265 g/mol. The second-order valence-electron chi connectivity index (χ2n) is 5.43. The van der Waals surface area contributed by atoms with Gasteiger partial charge in [0.1, 0.15) is 0 Å². The number of hydrogen-bond donors (Lipinski definition) is 0. The molecular weight excluding hydrogens is 242 g/mol. The summed E-state index contributed by atoms with van der Waals surface area (Å²) in [4.78, 5) is 11.9. The largest absolute Gasteiger partial charge is 0.461 e. The summed E-state index contributed by atoms with van der Waals surface area (Å²) >= 11 is 0. The Balaban J connectivity index is 2.30. The zero-order valence-electron chi connectivity index (χ0n) is 12.1. The van der Waals surface area contributed by atoms with Crippen molar-refractivity contribution in [3.63, 3.8) is 0 Å². The highest BCUT2D eigenvalue weighted by atomic mass is 16.5. The highest BCUT2D eigenvalue weighted by molar-refractivity contribution is 5.88. The van der Waals surface area contributed by atoms with Crippen LogP contribution in [0.25, 0.3) is 0 Å². The summed E-state index contributed by atoms with van der Waals surface area (Å²) in [5.41, 5.74) is 1.31. The van der Waals surface area contributed by atoms with Gasteiger partial charge in [0.15, 0.2) is 5.69 Å². The summed E-state index contributed by atoms with van der Waals surface area (Å²) in [7, 11) is 0. The normalized spacial score (nSPS) is 16.8. The van der Waals surface area contributed by atoms with Crippen molar-refractivity contribution in [3.05, 3.63) is 11.4 Å². The Hall–Kier alpha value is -1.39. The van der Waals surface area contributed by atoms with Crippen LogP contribution in [-0.2, 0) is 4.74 Å². The molecule has 1 saturated carbocycles. The highest BCUT2D eigenvalue weighted by Crippen LogP contribution is 2.31. The summed E-state index contributed by atoms with van der Waals surface area (Å²) in [5, 5.41) is 8.30. The van der Waals surface area contributed by atoms with Gasteiger partial charge in [-0.05, 0) is 25.7 Å². The Bertz CT molecular complexity index is 434. The van der Waals surface area contributed by atoms with E-state index in [1.54, 1.807) is 6.92 Å². The molecule has 0 spiro atoms. The fraction of sp³-hybridized carbons (Fsp3) is 0.786. The average molecular weight is 265 g/mol. The van der Waals surface area contributed by atoms with E-state index in [2.05, 4.69) is 24.2 Å². The first-order valence-electron chi connectivity index (χ1n) is 7.27. The van der Waals surface area contributed by atoms with Gasteiger partial charge in [-0.3, -0.25) is 0 Å². The molecule has 0 unspecified atom stereocenters. The van der Waals surface area contributed by atoms with Crippen LogP contribution in [0.1, 0.15) is 81.0 Å². The van der Waals surface area contributed by atoms with Gasteiger partial charge in [0.05, 0.1) is 18.3 Å². The molecule has 0 bridgehead atoms. The molecule has 0 atom stereocenters. The third-order valence-corrected chi connectivity index (χ3v) is 3.67. The van der Waals surface area contributed by atoms with Crippen LogP contribution in [0.4, 0.5) is 0 Å². The predicted molar refractivity (Wildman–Crippen MR) is 72.2 cm³/mol. The quantitative estimate of drug-likeness (QED) is 0.785. The molecule has 1 heterocycles. The fourth-order valence-corrected chi connectivity index (χ4v) is 2.78. The van der Waals surface area contributed by atoms with Crippen LogP contribution in [-0.4, -0.2) is 27.6 Å². The Morgan fingerprint density at radius 2 is 2.05 bits per heavy atom. The molecular formula is C14H23N3O2. The van der Waals surface area contributed by atoms with Gasteiger partial charge in [-0.1, -0.05) is 38.3 Å². The maximum atomic E-state index is 11.9. The molecule has 1 aliphatic rings. The van der Waals surface area contributed by atoms with Gasteiger partial charge in [-0.25, -0.2) is 9.48 Å². The number of carbonyl (C=O) groups excluding carboxylic acids is 1. The molecule has 1 fully saturated rings. The summed E-state index contributed by atoms with van der Waals surface area (Å²) in [6, 6.07) is 0.391. The van der Waals surface area contributed by atoms with Crippen molar-refractivity contribution < 1.29 is 9.53 Å². The topological polar surface area (TPSA) is 57.0 Å². The lowest BCUT2D eigenvalue weighted by Gasteiger charge is -2.24. The van der Waals surface area contributed by atoms with Crippen molar-refractivity contribution in [3.8, 4) is 0 Å². The molecule has 0 saturated heterocycles. The molecule has 106 valence electrons. The van der Waals surface area contributed by atoms with Gasteiger partial charge >= 0.3 is 5.97 Å². The minimum atomic E-state index is -0.353. The van der Waals surface area contributed by atoms with Crippen LogP contribution in [0.3, 0.4) is 0 Å². The Morgan fingerprint density at radius 3 is 2.63 bits per heavy atom. The van der Waals surface area contributed by atoms with E-state index in [4.69, 9.17) is 4.74 Å². The minimum Gasteiger partial charge on any atom is -0.461 e. The van der Waals surface area contributed by atoms with E-state index in [1.165, 1.54) is 19.3 Å². The van der Waals surface area contributed by atoms with Crippen LogP contribution in [0, 0.1) is 0 Å². The summed E-state index contributed by atoms with van der Waals surface area (Å²) in [6.45, 7) is 6.31. The van der Waals surface area contributed by atoms with E-state index in [-0.39, 0.29) is 11.9 Å². The standard InChI is InChI=1S/C14H23N3O2/c1-4-19-14(18)12-13(10(2)3)17(16-15-12)11-8-6-5-7-9-11/h10-11H,4-9H2,1-3H3. The number of ether oxygens (including phenoxy) is 1. The maximum Gasteiger partial charge on any atom is 0.360 e. The number of carbonyl (C=O) groups is 1. The number of nitrogens with zero attached hydrogens (tertiary/aromatic N) is 3. The van der Waals surface area contributed by atoms with Crippen molar-refractivity contribution in [2.24, 2.45) is 0 Å². The lowest BCUT2D eigenvalue weighted by molar-refractivity contribution is 0.0517. The summed E-state index contributed by atoms with van der Waals surface area (Å²) in [6.07, 6.45) is 6.03. The van der Waals surface area contributed by atoms with Crippen LogP contribution < -0.4 is 0 Å². The van der Waals surface area contributed by atoms with Crippen molar-refractivity contribution >= 4 is 5.97 Å². The van der Waals surface area contributed by atoms with Gasteiger partial charge in [0, 0.05) is 0 Å². The zero-order valence-corrected chi connectivity index (χ0v) is 12.1. The highest BCUT2D eigenvalue weighted by Gasteiger charge is 2.27. The Morgan fingerprint density at radius 1 is 1.37 bits per heavy atom. The van der Waals surface area contributed by atoms with Gasteiger partial charge in [0.2, 0.25) is 0 Å². The molecule has 0 aromatic carbocycles.